The minimum absolute atomic E-state index is 0.217. The molecule has 0 aliphatic rings. The van der Waals surface area contributed by atoms with Crippen molar-refractivity contribution in [1.82, 2.24) is 5.01 Å². The first-order valence-corrected chi connectivity index (χ1v) is 7.93. The molecular formula is C13H21FN4O2S. The first-order chi connectivity index (χ1) is 9.77. The minimum Gasteiger partial charge on any atom is -0.386 e. The molecule has 0 fully saturated rings. The quantitative estimate of drug-likeness (QED) is 0.447. The Hall–Kier alpha value is -1.80. The summed E-state index contributed by atoms with van der Waals surface area (Å²) in [5, 5.41) is 0.114. The molecule has 4 N–H and O–H groups in total. The highest BCUT2D eigenvalue weighted by molar-refractivity contribution is 7.90. The van der Waals surface area contributed by atoms with Crippen molar-refractivity contribution in [2.45, 2.75) is 20.4 Å². The van der Waals surface area contributed by atoms with Crippen molar-refractivity contribution in [3.63, 3.8) is 0 Å². The van der Waals surface area contributed by atoms with Crippen molar-refractivity contribution < 1.29 is 12.3 Å². The van der Waals surface area contributed by atoms with E-state index in [4.69, 9.17) is 11.6 Å². The van der Waals surface area contributed by atoms with Gasteiger partial charge in [0.1, 0.15) is 0 Å². The lowest BCUT2D eigenvalue weighted by Gasteiger charge is -2.21. The van der Waals surface area contributed by atoms with E-state index in [1.807, 2.05) is 24.3 Å². The molecule has 118 valence electrons. The zero-order valence-electron chi connectivity index (χ0n) is 12.2. The number of hydrogen-bond donors (Lipinski definition) is 2. The van der Waals surface area contributed by atoms with E-state index in [1.54, 1.807) is 0 Å². The second-order valence-electron chi connectivity index (χ2n) is 4.48. The third kappa shape index (κ3) is 5.24. The predicted octanol–water partition coefficient (Wildman–Crippen LogP) is 1.27. The van der Waals surface area contributed by atoms with Gasteiger partial charge in [-0.25, -0.2) is 5.84 Å². The van der Waals surface area contributed by atoms with Crippen LogP contribution in [0.4, 0.5) is 9.57 Å². The molecule has 21 heavy (non-hydrogen) atoms. The number of hydrogen-bond acceptors (Lipinski definition) is 6. The standard InChI is InChI=1S/C13H21FN4O2S/c1-3-17(4-2)12-7-5-11(6-8-12)9-18(16)10-13(15)21(14,19)20/h5-8,10H,3-4,9,15-16H2,1-2H3/b13-10+. The molecule has 0 atom stereocenters. The Bertz CT molecular complexity index is 583. The van der Waals surface area contributed by atoms with Crippen LogP contribution in [0, 0.1) is 0 Å². The summed E-state index contributed by atoms with van der Waals surface area (Å²) in [6, 6.07) is 7.66. The molecule has 0 heterocycles. The lowest BCUT2D eigenvalue weighted by Crippen LogP contribution is -2.27. The van der Waals surface area contributed by atoms with Crippen LogP contribution in [0.2, 0.25) is 0 Å². The lowest BCUT2D eigenvalue weighted by atomic mass is 10.2. The molecule has 0 amide bonds. The molecule has 1 rings (SSSR count). The monoisotopic (exact) mass is 316 g/mol. The van der Waals surface area contributed by atoms with Crippen molar-refractivity contribution in [3.8, 4) is 0 Å². The predicted molar refractivity (Wildman–Crippen MR) is 82.0 cm³/mol. The van der Waals surface area contributed by atoms with Crippen LogP contribution in [0.5, 0.6) is 0 Å². The second-order valence-corrected chi connectivity index (χ2v) is 5.83. The molecule has 0 unspecified atom stereocenters. The Morgan fingerprint density at radius 2 is 1.76 bits per heavy atom. The molecule has 0 aromatic heterocycles. The maximum atomic E-state index is 12.6. The summed E-state index contributed by atoms with van der Waals surface area (Å²) < 4.78 is 33.7. The molecule has 8 heteroatoms. The van der Waals surface area contributed by atoms with E-state index in [2.05, 4.69) is 18.7 Å². The Morgan fingerprint density at radius 1 is 1.24 bits per heavy atom. The third-order valence-electron chi connectivity index (χ3n) is 3.00. The van der Waals surface area contributed by atoms with Gasteiger partial charge in [0, 0.05) is 18.8 Å². The third-order valence-corrected chi connectivity index (χ3v) is 3.67. The van der Waals surface area contributed by atoms with Gasteiger partial charge in [-0.2, -0.15) is 8.42 Å². The van der Waals surface area contributed by atoms with Crippen LogP contribution >= 0.6 is 0 Å². The van der Waals surface area contributed by atoms with E-state index in [1.165, 1.54) is 0 Å². The average molecular weight is 316 g/mol. The van der Waals surface area contributed by atoms with Gasteiger partial charge in [0.15, 0.2) is 5.03 Å². The molecule has 0 saturated heterocycles. The van der Waals surface area contributed by atoms with E-state index in [9.17, 15) is 12.3 Å². The van der Waals surface area contributed by atoms with Crippen molar-refractivity contribution >= 4 is 15.9 Å². The Kier molecular flexibility index (Phi) is 5.98. The molecular weight excluding hydrogens is 295 g/mol. The number of halogens is 1. The molecule has 1 aromatic carbocycles. The van der Waals surface area contributed by atoms with Gasteiger partial charge in [-0.15, -0.1) is 0 Å². The summed E-state index contributed by atoms with van der Waals surface area (Å²) in [5.41, 5.74) is 7.02. The van der Waals surface area contributed by atoms with Crippen molar-refractivity contribution in [3.05, 3.63) is 41.1 Å². The van der Waals surface area contributed by atoms with E-state index < -0.39 is 15.3 Å². The summed E-state index contributed by atoms with van der Waals surface area (Å²) in [4.78, 5) is 2.19. The molecule has 6 nitrogen and oxygen atoms in total. The van der Waals surface area contributed by atoms with E-state index in [0.29, 0.717) is 0 Å². The maximum Gasteiger partial charge on any atom is 0.348 e. The fourth-order valence-corrected chi connectivity index (χ4v) is 2.15. The first kappa shape index (κ1) is 17.3. The van der Waals surface area contributed by atoms with Crippen LogP contribution in [0.1, 0.15) is 19.4 Å². The summed E-state index contributed by atoms with van der Waals surface area (Å²) >= 11 is 0. The van der Waals surface area contributed by atoms with Crippen LogP contribution < -0.4 is 16.5 Å². The van der Waals surface area contributed by atoms with Gasteiger partial charge in [0.05, 0.1) is 12.7 Å². The highest BCUT2D eigenvalue weighted by Gasteiger charge is 2.12. The molecule has 0 spiro atoms. The van der Waals surface area contributed by atoms with E-state index >= 15 is 0 Å². The van der Waals surface area contributed by atoms with Gasteiger partial charge in [0.25, 0.3) is 0 Å². The van der Waals surface area contributed by atoms with Crippen LogP contribution in [0.15, 0.2) is 35.5 Å². The van der Waals surface area contributed by atoms with Gasteiger partial charge in [-0.3, -0.25) is 0 Å². The molecule has 0 aliphatic heterocycles. The fourth-order valence-electron chi connectivity index (χ4n) is 1.88. The summed E-state index contributed by atoms with van der Waals surface area (Å²) in [5.74, 6) is 5.59. The van der Waals surface area contributed by atoms with Gasteiger partial charge in [-0.1, -0.05) is 16.0 Å². The van der Waals surface area contributed by atoms with Crippen LogP contribution in [0.3, 0.4) is 0 Å². The number of nitrogens with zero attached hydrogens (tertiary/aromatic N) is 2. The second kappa shape index (κ2) is 7.28. The van der Waals surface area contributed by atoms with Crippen molar-refractivity contribution in [2.24, 2.45) is 11.6 Å². The molecule has 0 bridgehead atoms. The van der Waals surface area contributed by atoms with Crippen LogP contribution in [-0.2, 0) is 16.8 Å². The van der Waals surface area contributed by atoms with Crippen molar-refractivity contribution in [2.75, 3.05) is 18.0 Å². The van der Waals surface area contributed by atoms with Crippen molar-refractivity contribution in [1.29, 1.82) is 0 Å². The summed E-state index contributed by atoms with van der Waals surface area (Å²) in [6.45, 7) is 6.18. The SMILES string of the molecule is CCN(CC)c1ccc(CN(N)/C=C(\N)S(=O)(=O)F)cc1. The fraction of sp³-hybridized carbons (Fsp3) is 0.385. The Balaban J connectivity index is 2.76. The number of benzene rings is 1. The Morgan fingerprint density at radius 3 is 2.19 bits per heavy atom. The Labute approximate surface area is 125 Å². The molecule has 0 radical (unpaired) electrons. The maximum absolute atomic E-state index is 12.6. The highest BCUT2D eigenvalue weighted by atomic mass is 32.3. The summed E-state index contributed by atoms with van der Waals surface area (Å²) in [7, 11) is -4.90. The van der Waals surface area contributed by atoms with Gasteiger partial charge < -0.3 is 15.6 Å². The van der Waals surface area contributed by atoms with Gasteiger partial charge in [0.2, 0.25) is 0 Å². The average Bonchev–Trinajstić information content (AvgIpc) is 2.40. The zero-order chi connectivity index (χ0) is 16.0. The molecule has 0 saturated carbocycles. The normalized spacial score (nSPS) is 12.3. The van der Waals surface area contributed by atoms with E-state index in [-0.39, 0.29) is 6.54 Å². The van der Waals surface area contributed by atoms with Crippen LogP contribution in [0.25, 0.3) is 0 Å². The van der Waals surface area contributed by atoms with Crippen LogP contribution in [-0.4, -0.2) is 26.5 Å². The molecule has 1 aromatic rings. The number of nitrogens with two attached hydrogens (primary N) is 2. The lowest BCUT2D eigenvalue weighted by molar-refractivity contribution is 0.384. The van der Waals surface area contributed by atoms with Gasteiger partial charge >= 0.3 is 10.2 Å². The minimum atomic E-state index is -4.90. The van der Waals surface area contributed by atoms with Gasteiger partial charge in [-0.05, 0) is 31.5 Å². The number of hydrazine groups is 1. The zero-order valence-corrected chi connectivity index (χ0v) is 13.0. The summed E-state index contributed by atoms with van der Waals surface area (Å²) in [6.07, 6.45) is 0.855. The first-order valence-electron chi connectivity index (χ1n) is 6.55. The van der Waals surface area contributed by atoms with E-state index in [0.717, 1.165) is 35.5 Å². The smallest absolute Gasteiger partial charge is 0.348 e. The largest absolute Gasteiger partial charge is 0.386 e. The number of rotatable bonds is 7. The topological polar surface area (TPSA) is 92.7 Å². The molecule has 0 aliphatic carbocycles. The number of anilines is 1. The highest BCUT2D eigenvalue weighted by Crippen LogP contribution is 2.15.